The van der Waals surface area contributed by atoms with E-state index in [9.17, 15) is 9.59 Å². The Bertz CT molecular complexity index is 527. The first-order valence-electron chi connectivity index (χ1n) is 7.30. The maximum atomic E-state index is 12.6. The minimum atomic E-state index is -0.371. The van der Waals surface area contributed by atoms with Crippen LogP contribution in [0, 0.1) is 0 Å². The molecule has 0 atom stereocenters. The Morgan fingerprint density at radius 3 is 2.71 bits per heavy atom. The van der Waals surface area contributed by atoms with Crippen LogP contribution in [0.5, 0.6) is 0 Å². The zero-order valence-electron chi connectivity index (χ0n) is 12.6. The van der Waals surface area contributed by atoms with Gasteiger partial charge < -0.3 is 14.4 Å². The lowest BCUT2D eigenvalue weighted by atomic mass is 10.1. The smallest absolute Gasteiger partial charge is 0.325 e. The minimum Gasteiger partial charge on any atom is -0.465 e. The van der Waals surface area contributed by atoms with Crippen molar-refractivity contribution < 1.29 is 19.1 Å². The second kappa shape index (κ2) is 7.22. The maximum Gasteiger partial charge on any atom is 0.325 e. The molecule has 5 heteroatoms. The standard InChI is InChI=1S/C16H21NO4/c1-3-7-17(9-15(18)21-4-2)16(19)12-5-6-13-10-20-11-14(13)8-12/h5-6,8H,3-4,7,9-11H2,1-2H3. The second-order valence-electron chi connectivity index (χ2n) is 5.01. The van der Waals surface area contributed by atoms with Crippen LogP contribution in [0.3, 0.4) is 0 Å². The van der Waals surface area contributed by atoms with Crippen LogP contribution in [0.2, 0.25) is 0 Å². The molecule has 0 aliphatic carbocycles. The number of hydrogen-bond acceptors (Lipinski definition) is 4. The summed E-state index contributed by atoms with van der Waals surface area (Å²) in [6, 6.07) is 5.58. The Hall–Kier alpha value is -1.88. The molecule has 0 fully saturated rings. The third-order valence-corrected chi connectivity index (χ3v) is 3.37. The average molecular weight is 291 g/mol. The van der Waals surface area contributed by atoms with Crippen LogP contribution < -0.4 is 0 Å². The number of hydrogen-bond donors (Lipinski definition) is 0. The lowest BCUT2D eigenvalue weighted by Crippen LogP contribution is -2.37. The van der Waals surface area contributed by atoms with Gasteiger partial charge in [0.15, 0.2) is 0 Å². The van der Waals surface area contributed by atoms with E-state index in [1.807, 2.05) is 19.1 Å². The third-order valence-electron chi connectivity index (χ3n) is 3.37. The van der Waals surface area contributed by atoms with E-state index in [2.05, 4.69) is 0 Å². The molecule has 1 aromatic carbocycles. The highest BCUT2D eigenvalue weighted by atomic mass is 16.5. The summed E-state index contributed by atoms with van der Waals surface area (Å²) in [6.45, 7) is 5.72. The Kier molecular flexibility index (Phi) is 5.33. The van der Waals surface area contributed by atoms with Gasteiger partial charge in [0, 0.05) is 12.1 Å². The molecule has 114 valence electrons. The van der Waals surface area contributed by atoms with Gasteiger partial charge in [0.2, 0.25) is 0 Å². The molecule has 0 saturated heterocycles. The van der Waals surface area contributed by atoms with Crippen molar-refractivity contribution in [3.05, 3.63) is 34.9 Å². The van der Waals surface area contributed by atoms with Crippen molar-refractivity contribution in [1.82, 2.24) is 4.90 Å². The monoisotopic (exact) mass is 291 g/mol. The lowest BCUT2D eigenvalue weighted by molar-refractivity contribution is -0.143. The van der Waals surface area contributed by atoms with Gasteiger partial charge in [-0.2, -0.15) is 0 Å². The van der Waals surface area contributed by atoms with Gasteiger partial charge in [-0.3, -0.25) is 9.59 Å². The Balaban J connectivity index is 2.12. The summed E-state index contributed by atoms with van der Waals surface area (Å²) in [5, 5.41) is 0. The van der Waals surface area contributed by atoms with Gasteiger partial charge in [-0.05, 0) is 36.6 Å². The molecule has 0 aromatic heterocycles. The van der Waals surface area contributed by atoms with Gasteiger partial charge in [0.25, 0.3) is 5.91 Å². The predicted octanol–water partition coefficient (Wildman–Crippen LogP) is 2.13. The topological polar surface area (TPSA) is 55.8 Å². The molecule has 0 unspecified atom stereocenters. The summed E-state index contributed by atoms with van der Waals surface area (Å²) in [6.07, 6.45) is 0.791. The first kappa shape index (κ1) is 15.5. The van der Waals surface area contributed by atoms with Crippen molar-refractivity contribution >= 4 is 11.9 Å². The van der Waals surface area contributed by atoms with Crippen LogP contribution in [0.15, 0.2) is 18.2 Å². The fourth-order valence-corrected chi connectivity index (χ4v) is 2.37. The lowest BCUT2D eigenvalue weighted by Gasteiger charge is -2.21. The van der Waals surface area contributed by atoms with Crippen LogP contribution in [0.25, 0.3) is 0 Å². The fraction of sp³-hybridized carbons (Fsp3) is 0.500. The largest absolute Gasteiger partial charge is 0.465 e. The summed E-state index contributed by atoms with van der Waals surface area (Å²) >= 11 is 0. The fourth-order valence-electron chi connectivity index (χ4n) is 2.37. The Labute approximate surface area is 124 Å². The van der Waals surface area contributed by atoms with Gasteiger partial charge >= 0.3 is 5.97 Å². The number of carbonyl (C=O) groups is 2. The molecule has 0 radical (unpaired) electrons. The van der Waals surface area contributed by atoms with Gasteiger partial charge in [-0.15, -0.1) is 0 Å². The van der Waals surface area contributed by atoms with E-state index in [-0.39, 0.29) is 18.4 Å². The summed E-state index contributed by atoms with van der Waals surface area (Å²) in [7, 11) is 0. The number of rotatable bonds is 6. The Morgan fingerprint density at radius 2 is 2.00 bits per heavy atom. The van der Waals surface area contributed by atoms with Gasteiger partial charge in [0.1, 0.15) is 6.54 Å². The molecule has 0 N–H and O–H groups in total. The second-order valence-corrected chi connectivity index (χ2v) is 5.01. The number of fused-ring (bicyclic) bond motifs is 1. The van der Waals surface area contributed by atoms with E-state index in [0.29, 0.717) is 31.9 Å². The zero-order chi connectivity index (χ0) is 15.2. The van der Waals surface area contributed by atoms with Gasteiger partial charge in [0.05, 0.1) is 19.8 Å². The van der Waals surface area contributed by atoms with Crippen molar-refractivity contribution in [1.29, 1.82) is 0 Å². The van der Waals surface area contributed by atoms with Crippen LogP contribution in [-0.4, -0.2) is 36.5 Å². The maximum absolute atomic E-state index is 12.6. The molecule has 1 amide bonds. The van der Waals surface area contributed by atoms with Crippen molar-refractivity contribution in [3.8, 4) is 0 Å². The highest BCUT2D eigenvalue weighted by Crippen LogP contribution is 2.21. The predicted molar refractivity (Wildman–Crippen MR) is 77.8 cm³/mol. The third kappa shape index (κ3) is 3.82. The summed E-state index contributed by atoms with van der Waals surface area (Å²) in [5.74, 6) is -0.511. The molecule has 1 aliphatic heterocycles. The van der Waals surface area contributed by atoms with E-state index >= 15 is 0 Å². The quantitative estimate of drug-likeness (QED) is 0.753. The van der Waals surface area contributed by atoms with Crippen molar-refractivity contribution in [3.63, 3.8) is 0 Å². The molecule has 1 aromatic rings. The molecule has 5 nitrogen and oxygen atoms in total. The molecule has 0 bridgehead atoms. The van der Waals surface area contributed by atoms with E-state index in [0.717, 1.165) is 17.5 Å². The molecule has 1 aliphatic rings. The number of carbonyl (C=O) groups excluding carboxylic acids is 2. The SMILES string of the molecule is CCCN(CC(=O)OCC)C(=O)c1ccc2c(c1)COC2. The highest BCUT2D eigenvalue weighted by Gasteiger charge is 2.21. The molecule has 2 rings (SSSR count). The summed E-state index contributed by atoms with van der Waals surface area (Å²) in [4.78, 5) is 25.7. The first-order chi connectivity index (χ1) is 10.2. The van der Waals surface area contributed by atoms with Crippen molar-refractivity contribution in [2.24, 2.45) is 0 Å². The Morgan fingerprint density at radius 1 is 1.24 bits per heavy atom. The number of amides is 1. The van der Waals surface area contributed by atoms with Crippen LogP contribution >= 0.6 is 0 Å². The zero-order valence-corrected chi connectivity index (χ0v) is 12.6. The molecule has 1 heterocycles. The van der Waals surface area contributed by atoms with Crippen LogP contribution in [0.1, 0.15) is 41.8 Å². The number of esters is 1. The molecule has 0 saturated carbocycles. The number of nitrogens with zero attached hydrogens (tertiary/aromatic N) is 1. The van der Waals surface area contributed by atoms with Crippen molar-refractivity contribution in [2.75, 3.05) is 19.7 Å². The average Bonchev–Trinajstić information content (AvgIpc) is 2.93. The first-order valence-corrected chi connectivity index (χ1v) is 7.30. The normalized spacial score (nSPS) is 12.9. The summed E-state index contributed by atoms with van der Waals surface area (Å²) in [5.41, 5.74) is 2.77. The molecule has 0 spiro atoms. The molecular formula is C16H21NO4. The molecule has 21 heavy (non-hydrogen) atoms. The van der Waals surface area contributed by atoms with Gasteiger partial charge in [-0.25, -0.2) is 0 Å². The van der Waals surface area contributed by atoms with Gasteiger partial charge in [-0.1, -0.05) is 13.0 Å². The highest BCUT2D eigenvalue weighted by molar-refractivity contribution is 5.96. The van der Waals surface area contributed by atoms with E-state index < -0.39 is 0 Å². The van der Waals surface area contributed by atoms with E-state index in [1.54, 1.807) is 13.0 Å². The van der Waals surface area contributed by atoms with E-state index in [4.69, 9.17) is 9.47 Å². The molecular weight excluding hydrogens is 270 g/mol. The minimum absolute atomic E-state index is 0.00586. The number of benzene rings is 1. The van der Waals surface area contributed by atoms with Crippen LogP contribution in [0.4, 0.5) is 0 Å². The van der Waals surface area contributed by atoms with Crippen LogP contribution in [-0.2, 0) is 27.5 Å². The summed E-state index contributed by atoms with van der Waals surface area (Å²) < 4.78 is 10.3. The van der Waals surface area contributed by atoms with E-state index in [1.165, 1.54) is 4.90 Å². The van der Waals surface area contributed by atoms with Crippen molar-refractivity contribution in [2.45, 2.75) is 33.5 Å². The number of ether oxygens (including phenoxy) is 2.